The second-order valence-electron chi connectivity index (χ2n) is 3.54. The summed E-state index contributed by atoms with van der Waals surface area (Å²) in [5, 5.41) is 22.5. The summed E-state index contributed by atoms with van der Waals surface area (Å²) >= 11 is 7.09. The number of nitrogens with one attached hydrogen (secondary N) is 1. The van der Waals surface area contributed by atoms with Crippen molar-refractivity contribution >= 4 is 34.5 Å². The molecule has 0 radical (unpaired) electrons. The molecule has 0 unspecified atom stereocenters. The number of carbonyl (C=O) groups is 1. The van der Waals surface area contributed by atoms with Gasteiger partial charge in [0, 0.05) is 5.69 Å². The van der Waals surface area contributed by atoms with Crippen molar-refractivity contribution in [2.45, 2.75) is 0 Å². The lowest BCUT2D eigenvalue weighted by Crippen LogP contribution is -2.10. The molecule has 6 heteroatoms. The topological polar surface area (TPSA) is 76.7 Å². The van der Waals surface area contributed by atoms with Gasteiger partial charge in [0.15, 0.2) is 0 Å². The summed E-state index contributed by atoms with van der Waals surface area (Å²) in [6.45, 7) is 0. The standard InChI is InChI=1S/C13H6ClN3OS/c14-11-3-4-19-12(11)13(18)17-10-2-1-8(6-15)9(5-10)7-16/h1-5H,(H,17,18). The van der Waals surface area contributed by atoms with Crippen LogP contribution in [0.25, 0.3) is 0 Å². The fraction of sp³-hybridized carbons (Fsp3) is 0. The van der Waals surface area contributed by atoms with Gasteiger partial charge in [-0.15, -0.1) is 11.3 Å². The lowest BCUT2D eigenvalue weighted by atomic mass is 10.1. The molecule has 1 amide bonds. The molecule has 2 aromatic rings. The van der Waals surface area contributed by atoms with Crippen LogP contribution >= 0.6 is 22.9 Å². The van der Waals surface area contributed by atoms with Crippen LogP contribution in [0.15, 0.2) is 29.6 Å². The highest BCUT2D eigenvalue weighted by Gasteiger charge is 2.12. The predicted octanol–water partition coefficient (Wildman–Crippen LogP) is 3.40. The lowest BCUT2D eigenvalue weighted by Gasteiger charge is -2.05. The maximum atomic E-state index is 11.9. The van der Waals surface area contributed by atoms with Crippen molar-refractivity contribution in [2.75, 3.05) is 5.32 Å². The van der Waals surface area contributed by atoms with Gasteiger partial charge in [0.1, 0.15) is 17.0 Å². The number of anilines is 1. The lowest BCUT2D eigenvalue weighted by molar-refractivity contribution is 0.103. The van der Waals surface area contributed by atoms with Crippen LogP contribution in [-0.4, -0.2) is 5.91 Å². The molecule has 0 aliphatic carbocycles. The SMILES string of the molecule is N#Cc1ccc(NC(=O)c2sccc2Cl)cc1C#N. The molecule has 2 rings (SSSR count). The Labute approximate surface area is 118 Å². The minimum absolute atomic E-state index is 0.220. The van der Waals surface area contributed by atoms with Crippen molar-refractivity contribution in [3.63, 3.8) is 0 Å². The van der Waals surface area contributed by atoms with Gasteiger partial charge in [-0.05, 0) is 29.6 Å². The van der Waals surface area contributed by atoms with Crippen LogP contribution in [0.1, 0.15) is 20.8 Å². The summed E-state index contributed by atoms with van der Waals surface area (Å²) < 4.78 is 0. The molecule has 0 saturated carbocycles. The molecule has 0 spiro atoms. The van der Waals surface area contributed by atoms with Crippen LogP contribution in [0.4, 0.5) is 5.69 Å². The number of benzene rings is 1. The Morgan fingerprint density at radius 1 is 1.21 bits per heavy atom. The summed E-state index contributed by atoms with van der Waals surface area (Å²) in [4.78, 5) is 12.3. The molecule has 0 aliphatic heterocycles. The van der Waals surface area contributed by atoms with Gasteiger partial charge < -0.3 is 5.32 Å². The smallest absolute Gasteiger partial charge is 0.267 e. The number of rotatable bonds is 2. The van der Waals surface area contributed by atoms with Gasteiger partial charge in [-0.3, -0.25) is 4.79 Å². The number of carbonyl (C=O) groups excluding carboxylic acids is 1. The zero-order chi connectivity index (χ0) is 13.8. The second kappa shape index (κ2) is 5.53. The van der Waals surface area contributed by atoms with Crippen LogP contribution in [0, 0.1) is 22.7 Å². The van der Waals surface area contributed by atoms with E-state index in [1.54, 1.807) is 17.5 Å². The average molecular weight is 288 g/mol. The number of thiophene rings is 1. The molecule has 19 heavy (non-hydrogen) atoms. The number of halogens is 1. The van der Waals surface area contributed by atoms with E-state index in [1.165, 1.54) is 23.5 Å². The van der Waals surface area contributed by atoms with Crippen LogP contribution in [0.2, 0.25) is 5.02 Å². The quantitative estimate of drug-likeness (QED) is 0.919. The molecule has 92 valence electrons. The van der Waals surface area contributed by atoms with Crippen molar-refractivity contribution in [3.8, 4) is 12.1 Å². The molecule has 1 N–H and O–H groups in total. The summed E-state index contributed by atoms with van der Waals surface area (Å²) in [5.41, 5.74) is 0.942. The van der Waals surface area contributed by atoms with E-state index in [1.807, 2.05) is 12.1 Å². The highest BCUT2D eigenvalue weighted by molar-refractivity contribution is 7.12. The van der Waals surface area contributed by atoms with E-state index in [9.17, 15) is 4.79 Å². The Morgan fingerprint density at radius 2 is 1.95 bits per heavy atom. The summed E-state index contributed by atoms with van der Waals surface area (Å²) in [7, 11) is 0. The highest BCUT2D eigenvalue weighted by Crippen LogP contribution is 2.23. The van der Waals surface area contributed by atoms with Gasteiger partial charge in [-0.1, -0.05) is 11.6 Å². The monoisotopic (exact) mass is 287 g/mol. The first kappa shape index (κ1) is 13.1. The first-order valence-corrected chi connectivity index (χ1v) is 6.40. The van der Waals surface area contributed by atoms with Crippen LogP contribution in [0.5, 0.6) is 0 Å². The molecule has 1 heterocycles. The van der Waals surface area contributed by atoms with Crippen molar-refractivity contribution in [2.24, 2.45) is 0 Å². The van der Waals surface area contributed by atoms with Gasteiger partial charge in [0.05, 0.1) is 16.1 Å². The first-order chi connectivity index (χ1) is 9.15. The summed E-state index contributed by atoms with van der Waals surface area (Å²) in [6.07, 6.45) is 0. The molecule has 0 aliphatic rings. The third-order valence-corrected chi connectivity index (χ3v) is 3.68. The van der Waals surface area contributed by atoms with Gasteiger partial charge in [-0.2, -0.15) is 10.5 Å². The van der Waals surface area contributed by atoms with E-state index in [0.29, 0.717) is 15.6 Å². The number of hydrogen-bond acceptors (Lipinski definition) is 4. The van der Waals surface area contributed by atoms with E-state index < -0.39 is 0 Å². The maximum Gasteiger partial charge on any atom is 0.267 e. The fourth-order valence-corrected chi connectivity index (χ4v) is 2.49. The number of hydrogen-bond donors (Lipinski definition) is 1. The zero-order valence-corrected chi connectivity index (χ0v) is 11.0. The van der Waals surface area contributed by atoms with Crippen LogP contribution in [0.3, 0.4) is 0 Å². The van der Waals surface area contributed by atoms with Crippen molar-refractivity contribution in [1.82, 2.24) is 0 Å². The van der Waals surface area contributed by atoms with Crippen molar-refractivity contribution in [1.29, 1.82) is 10.5 Å². The van der Waals surface area contributed by atoms with E-state index in [4.69, 9.17) is 22.1 Å². The zero-order valence-electron chi connectivity index (χ0n) is 9.48. The van der Waals surface area contributed by atoms with Crippen LogP contribution in [-0.2, 0) is 0 Å². The Morgan fingerprint density at radius 3 is 2.53 bits per heavy atom. The minimum Gasteiger partial charge on any atom is -0.321 e. The second-order valence-corrected chi connectivity index (χ2v) is 4.86. The molecule has 0 fully saturated rings. The molecule has 0 bridgehead atoms. The number of nitriles is 2. The van der Waals surface area contributed by atoms with E-state index in [-0.39, 0.29) is 17.0 Å². The summed E-state index contributed by atoms with van der Waals surface area (Å²) in [5.74, 6) is -0.339. The fourth-order valence-electron chi connectivity index (χ4n) is 1.46. The largest absolute Gasteiger partial charge is 0.321 e. The van der Waals surface area contributed by atoms with Crippen molar-refractivity contribution in [3.05, 3.63) is 50.7 Å². The third kappa shape index (κ3) is 2.74. The number of nitrogens with zero attached hydrogens (tertiary/aromatic N) is 2. The molecular weight excluding hydrogens is 282 g/mol. The Kier molecular flexibility index (Phi) is 3.82. The molecule has 1 aromatic heterocycles. The van der Waals surface area contributed by atoms with E-state index >= 15 is 0 Å². The third-order valence-electron chi connectivity index (χ3n) is 2.34. The number of amides is 1. The van der Waals surface area contributed by atoms with Gasteiger partial charge in [0.25, 0.3) is 5.91 Å². The average Bonchev–Trinajstić information content (AvgIpc) is 2.85. The van der Waals surface area contributed by atoms with E-state index in [2.05, 4.69) is 5.32 Å². The highest BCUT2D eigenvalue weighted by atomic mass is 35.5. The Bertz CT molecular complexity index is 724. The summed E-state index contributed by atoms with van der Waals surface area (Å²) in [6, 6.07) is 9.97. The van der Waals surface area contributed by atoms with Gasteiger partial charge in [-0.25, -0.2) is 0 Å². The van der Waals surface area contributed by atoms with Gasteiger partial charge >= 0.3 is 0 Å². The maximum absolute atomic E-state index is 11.9. The van der Waals surface area contributed by atoms with Crippen molar-refractivity contribution < 1.29 is 4.79 Å². The molecular formula is C13H6ClN3OS. The molecule has 0 saturated heterocycles. The minimum atomic E-state index is -0.339. The first-order valence-electron chi connectivity index (χ1n) is 5.14. The van der Waals surface area contributed by atoms with E-state index in [0.717, 1.165) is 0 Å². The molecule has 1 aromatic carbocycles. The van der Waals surface area contributed by atoms with Gasteiger partial charge in [0.2, 0.25) is 0 Å². The normalized spacial score (nSPS) is 9.42. The Hall–Kier alpha value is -2.34. The Balaban J connectivity index is 2.26. The molecule has 0 atom stereocenters. The molecule has 4 nitrogen and oxygen atoms in total. The predicted molar refractivity (Wildman–Crippen MR) is 73.2 cm³/mol. The van der Waals surface area contributed by atoms with Crippen LogP contribution < -0.4 is 5.32 Å².